The molecule has 0 unspecified atom stereocenters. The molecule has 118 valence electrons. The summed E-state index contributed by atoms with van der Waals surface area (Å²) in [5, 5.41) is 17.4. The Bertz CT molecular complexity index is 894. The van der Waals surface area contributed by atoms with Crippen molar-refractivity contribution in [2.45, 2.75) is 20.4 Å². The number of benzene rings is 2. The van der Waals surface area contributed by atoms with Gasteiger partial charge in [0, 0.05) is 0 Å². The molecule has 0 saturated carbocycles. The summed E-state index contributed by atoms with van der Waals surface area (Å²) in [6.07, 6.45) is 3.88. The lowest BCUT2D eigenvalue weighted by Gasteiger charge is -2.04. The van der Waals surface area contributed by atoms with Crippen molar-refractivity contribution in [1.82, 2.24) is 15.0 Å². The second-order valence-corrected chi connectivity index (χ2v) is 5.82. The van der Waals surface area contributed by atoms with Gasteiger partial charge >= 0.3 is 0 Å². The Balaban J connectivity index is 1.89. The molecule has 0 atom stereocenters. The number of nitriles is 1. The molecule has 0 fully saturated rings. The minimum atomic E-state index is 0.338. The number of rotatable bonds is 4. The van der Waals surface area contributed by atoms with Crippen LogP contribution in [-0.2, 0) is 6.54 Å². The van der Waals surface area contributed by atoms with Crippen LogP contribution in [0.15, 0.2) is 48.5 Å². The molecule has 4 heteroatoms. The summed E-state index contributed by atoms with van der Waals surface area (Å²) in [4.78, 5) is 0. The van der Waals surface area contributed by atoms with E-state index in [4.69, 9.17) is 0 Å². The number of hydrogen-bond acceptors (Lipinski definition) is 3. The Kier molecular flexibility index (Phi) is 4.53. The zero-order chi connectivity index (χ0) is 16.9. The van der Waals surface area contributed by atoms with Crippen LogP contribution < -0.4 is 0 Å². The molecule has 0 spiro atoms. The lowest BCUT2D eigenvalue weighted by molar-refractivity contribution is 0.645. The lowest BCUT2D eigenvalue weighted by atomic mass is 10.1. The first-order chi connectivity index (χ1) is 11.7. The van der Waals surface area contributed by atoms with Gasteiger partial charge in [0.1, 0.15) is 6.07 Å². The standard InChI is InChI=1S/C20H18N4/c1-15-3-7-17(8-4-15)11-12-20-19(13-21)22-23-24(20)14-18-9-5-16(2)6-10-18/h3-12H,14H2,1-2H3/b12-11+. The monoisotopic (exact) mass is 314 g/mol. The van der Waals surface area contributed by atoms with Crippen LogP contribution in [0.5, 0.6) is 0 Å². The van der Waals surface area contributed by atoms with E-state index in [-0.39, 0.29) is 0 Å². The molecule has 0 amide bonds. The van der Waals surface area contributed by atoms with Gasteiger partial charge in [0.25, 0.3) is 0 Å². The van der Waals surface area contributed by atoms with Crippen LogP contribution in [-0.4, -0.2) is 15.0 Å². The van der Waals surface area contributed by atoms with E-state index in [0.29, 0.717) is 12.2 Å². The molecule has 4 nitrogen and oxygen atoms in total. The molecule has 0 radical (unpaired) electrons. The summed E-state index contributed by atoms with van der Waals surface area (Å²) in [6.45, 7) is 4.70. The molecule has 1 heterocycles. The summed E-state index contributed by atoms with van der Waals surface area (Å²) in [5.74, 6) is 0. The molecule has 2 aromatic carbocycles. The summed E-state index contributed by atoms with van der Waals surface area (Å²) in [6, 6.07) is 18.6. The highest BCUT2D eigenvalue weighted by molar-refractivity contribution is 5.70. The fourth-order valence-electron chi connectivity index (χ4n) is 2.40. The van der Waals surface area contributed by atoms with Crippen molar-refractivity contribution in [2.24, 2.45) is 0 Å². The topological polar surface area (TPSA) is 54.5 Å². The Morgan fingerprint density at radius 1 is 0.958 bits per heavy atom. The molecule has 0 aliphatic heterocycles. The largest absolute Gasteiger partial charge is 0.239 e. The fourth-order valence-corrected chi connectivity index (χ4v) is 2.40. The van der Waals surface area contributed by atoms with Gasteiger partial charge in [-0.1, -0.05) is 70.9 Å². The van der Waals surface area contributed by atoms with Crippen LogP contribution in [0.2, 0.25) is 0 Å². The second-order valence-electron chi connectivity index (χ2n) is 5.82. The maximum atomic E-state index is 9.27. The van der Waals surface area contributed by atoms with Crippen LogP contribution in [0, 0.1) is 25.2 Å². The zero-order valence-corrected chi connectivity index (χ0v) is 13.8. The smallest absolute Gasteiger partial charge is 0.190 e. The van der Waals surface area contributed by atoms with Gasteiger partial charge in [-0.25, -0.2) is 4.68 Å². The average molecular weight is 314 g/mol. The van der Waals surface area contributed by atoms with Gasteiger partial charge in [-0.05, 0) is 31.1 Å². The van der Waals surface area contributed by atoms with Crippen molar-refractivity contribution in [3.05, 3.63) is 82.2 Å². The van der Waals surface area contributed by atoms with Gasteiger partial charge in [0.15, 0.2) is 5.69 Å². The van der Waals surface area contributed by atoms with Crippen LogP contribution in [0.3, 0.4) is 0 Å². The summed E-state index contributed by atoms with van der Waals surface area (Å²) >= 11 is 0. The molecule has 3 rings (SSSR count). The summed E-state index contributed by atoms with van der Waals surface area (Å²) in [5.41, 5.74) is 5.70. The molecule has 0 aliphatic rings. The van der Waals surface area contributed by atoms with E-state index >= 15 is 0 Å². The molecular formula is C20H18N4. The highest BCUT2D eigenvalue weighted by Gasteiger charge is 2.10. The van der Waals surface area contributed by atoms with E-state index < -0.39 is 0 Å². The van der Waals surface area contributed by atoms with Gasteiger partial charge in [0.05, 0.1) is 12.2 Å². The van der Waals surface area contributed by atoms with Gasteiger partial charge in [0.2, 0.25) is 0 Å². The van der Waals surface area contributed by atoms with Crippen LogP contribution >= 0.6 is 0 Å². The quantitative estimate of drug-likeness (QED) is 0.732. The zero-order valence-electron chi connectivity index (χ0n) is 13.8. The minimum Gasteiger partial charge on any atom is -0.239 e. The van der Waals surface area contributed by atoms with Gasteiger partial charge in [-0.3, -0.25) is 0 Å². The highest BCUT2D eigenvalue weighted by Crippen LogP contribution is 2.14. The highest BCUT2D eigenvalue weighted by atomic mass is 15.4. The number of aromatic nitrogens is 3. The number of nitrogens with zero attached hydrogens (tertiary/aromatic N) is 4. The van der Waals surface area contributed by atoms with Crippen molar-refractivity contribution in [2.75, 3.05) is 0 Å². The van der Waals surface area contributed by atoms with Crippen LogP contribution in [0.25, 0.3) is 12.2 Å². The molecule has 24 heavy (non-hydrogen) atoms. The maximum absolute atomic E-state index is 9.27. The molecule has 0 bridgehead atoms. The van der Waals surface area contributed by atoms with Gasteiger partial charge in [-0.2, -0.15) is 5.26 Å². The molecular weight excluding hydrogens is 296 g/mol. The lowest BCUT2D eigenvalue weighted by Crippen LogP contribution is -2.04. The summed E-state index contributed by atoms with van der Waals surface area (Å²) < 4.78 is 1.76. The van der Waals surface area contributed by atoms with Crippen LogP contribution in [0.1, 0.15) is 33.6 Å². The number of aryl methyl sites for hydroxylation is 2. The normalized spacial score (nSPS) is 10.9. The van der Waals surface area contributed by atoms with Gasteiger partial charge in [-0.15, -0.1) is 5.10 Å². The third-order valence-electron chi connectivity index (χ3n) is 3.84. The third kappa shape index (κ3) is 3.58. The Hall–Kier alpha value is -3.19. The molecule has 0 saturated heterocycles. The predicted molar refractivity (Wildman–Crippen MR) is 95.1 cm³/mol. The van der Waals surface area contributed by atoms with E-state index in [1.165, 1.54) is 11.1 Å². The van der Waals surface area contributed by atoms with E-state index in [0.717, 1.165) is 16.8 Å². The minimum absolute atomic E-state index is 0.338. The maximum Gasteiger partial charge on any atom is 0.190 e. The average Bonchev–Trinajstić information content (AvgIpc) is 2.98. The van der Waals surface area contributed by atoms with Crippen molar-refractivity contribution >= 4 is 12.2 Å². The van der Waals surface area contributed by atoms with Crippen molar-refractivity contribution in [3.63, 3.8) is 0 Å². The Labute approximate surface area is 141 Å². The first-order valence-corrected chi connectivity index (χ1v) is 7.79. The second kappa shape index (κ2) is 6.93. The van der Waals surface area contributed by atoms with E-state index in [2.05, 4.69) is 66.6 Å². The van der Waals surface area contributed by atoms with Crippen molar-refractivity contribution in [3.8, 4) is 6.07 Å². The van der Waals surface area contributed by atoms with Crippen molar-refractivity contribution in [1.29, 1.82) is 5.26 Å². The molecule has 3 aromatic rings. The fraction of sp³-hybridized carbons (Fsp3) is 0.150. The molecule has 0 aliphatic carbocycles. The predicted octanol–water partition coefficient (Wildman–Crippen LogP) is 3.99. The van der Waals surface area contributed by atoms with Crippen LogP contribution in [0.4, 0.5) is 0 Å². The Morgan fingerprint density at radius 3 is 2.21 bits per heavy atom. The SMILES string of the molecule is Cc1ccc(/C=C/c2c(C#N)nnn2Cc2ccc(C)cc2)cc1. The van der Waals surface area contributed by atoms with E-state index in [1.807, 2.05) is 24.3 Å². The van der Waals surface area contributed by atoms with Gasteiger partial charge < -0.3 is 0 Å². The van der Waals surface area contributed by atoms with E-state index in [1.54, 1.807) is 4.68 Å². The number of hydrogen-bond donors (Lipinski definition) is 0. The summed E-state index contributed by atoms with van der Waals surface area (Å²) in [7, 11) is 0. The molecule has 1 aromatic heterocycles. The van der Waals surface area contributed by atoms with Crippen molar-refractivity contribution < 1.29 is 0 Å². The first-order valence-electron chi connectivity index (χ1n) is 7.79. The first kappa shape index (κ1) is 15.7. The molecule has 0 N–H and O–H groups in total. The van der Waals surface area contributed by atoms with E-state index in [9.17, 15) is 5.26 Å². The Morgan fingerprint density at radius 2 is 1.58 bits per heavy atom. The third-order valence-corrected chi connectivity index (χ3v) is 3.84.